The quantitative estimate of drug-likeness (QED) is 0.532. The molecule has 0 radical (unpaired) electrons. The maximum Gasteiger partial charge on any atom is 0.242 e. The van der Waals surface area contributed by atoms with Crippen molar-refractivity contribution in [1.29, 1.82) is 0 Å². The number of halogens is 2. The molecule has 2 rings (SSSR count). The van der Waals surface area contributed by atoms with Crippen molar-refractivity contribution in [3.8, 4) is 0 Å². The van der Waals surface area contributed by atoms with Gasteiger partial charge in [-0.1, -0.05) is 53.5 Å². The van der Waals surface area contributed by atoms with Gasteiger partial charge in [-0.25, -0.2) is 0 Å². The highest BCUT2D eigenvalue weighted by atomic mass is 35.5. The number of benzene rings is 2. The summed E-state index contributed by atoms with van der Waals surface area (Å²) in [5, 5.41) is 3.77. The average Bonchev–Trinajstić information content (AvgIpc) is 2.69. The molecule has 0 fully saturated rings. The smallest absolute Gasteiger partial charge is 0.242 e. The maximum atomic E-state index is 13.1. The third kappa shape index (κ3) is 7.22. The SMILES string of the molecule is Cc1ccccc1CSCC(=O)N(Cc1ccc(Cl)c(Cl)c1)[C@H](C)C(=O)NC(C)C. The Labute approximate surface area is 193 Å². The van der Waals surface area contributed by atoms with Crippen LogP contribution in [-0.2, 0) is 21.9 Å². The van der Waals surface area contributed by atoms with Crippen LogP contribution in [0.25, 0.3) is 0 Å². The molecule has 0 aliphatic rings. The number of thioether (sulfide) groups is 1. The summed E-state index contributed by atoms with van der Waals surface area (Å²) >= 11 is 13.7. The molecule has 0 aliphatic heterocycles. The Bertz CT molecular complexity index is 889. The Balaban J connectivity index is 2.12. The van der Waals surface area contributed by atoms with Crippen molar-refractivity contribution in [2.24, 2.45) is 0 Å². The van der Waals surface area contributed by atoms with Crippen molar-refractivity contribution in [3.63, 3.8) is 0 Å². The summed E-state index contributed by atoms with van der Waals surface area (Å²) in [7, 11) is 0. The Morgan fingerprint density at radius 1 is 1.07 bits per heavy atom. The Hall–Kier alpha value is -1.69. The lowest BCUT2D eigenvalue weighted by Gasteiger charge is -2.29. The highest BCUT2D eigenvalue weighted by Gasteiger charge is 2.26. The van der Waals surface area contributed by atoms with Crippen LogP contribution in [0.4, 0.5) is 0 Å². The van der Waals surface area contributed by atoms with Gasteiger partial charge < -0.3 is 10.2 Å². The standard InChI is InChI=1S/C23H28Cl2N2O2S/c1-15(2)26-23(29)17(4)27(12-18-9-10-20(24)21(25)11-18)22(28)14-30-13-19-8-6-5-7-16(19)3/h5-11,15,17H,12-14H2,1-4H3,(H,26,29)/t17-/m1/s1. The van der Waals surface area contributed by atoms with Gasteiger partial charge in [0.05, 0.1) is 15.8 Å². The van der Waals surface area contributed by atoms with Crippen molar-refractivity contribution in [3.05, 3.63) is 69.2 Å². The van der Waals surface area contributed by atoms with Gasteiger partial charge in [-0.2, -0.15) is 0 Å². The first-order valence-electron chi connectivity index (χ1n) is 9.85. The van der Waals surface area contributed by atoms with E-state index in [1.807, 2.05) is 32.0 Å². The van der Waals surface area contributed by atoms with E-state index in [-0.39, 0.29) is 30.2 Å². The number of carbonyl (C=O) groups excluding carboxylic acids is 2. The summed E-state index contributed by atoms with van der Waals surface area (Å²) < 4.78 is 0. The van der Waals surface area contributed by atoms with Gasteiger partial charge in [-0.3, -0.25) is 9.59 Å². The lowest BCUT2D eigenvalue weighted by Crippen LogP contribution is -2.49. The molecule has 0 bridgehead atoms. The highest BCUT2D eigenvalue weighted by Crippen LogP contribution is 2.24. The zero-order valence-corrected chi connectivity index (χ0v) is 20.1. The van der Waals surface area contributed by atoms with Crippen LogP contribution >= 0.6 is 35.0 Å². The van der Waals surface area contributed by atoms with Crippen LogP contribution in [0.2, 0.25) is 10.0 Å². The van der Waals surface area contributed by atoms with E-state index in [1.165, 1.54) is 11.1 Å². The van der Waals surface area contributed by atoms with Crippen molar-refractivity contribution < 1.29 is 9.59 Å². The molecular weight excluding hydrogens is 439 g/mol. The van der Waals surface area contributed by atoms with Gasteiger partial charge >= 0.3 is 0 Å². The van der Waals surface area contributed by atoms with Crippen LogP contribution in [-0.4, -0.2) is 34.6 Å². The minimum atomic E-state index is -0.603. The molecule has 0 heterocycles. The number of nitrogens with zero attached hydrogens (tertiary/aromatic N) is 1. The summed E-state index contributed by atoms with van der Waals surface area (Å²) in [4.78, 5) is 27.3. The molecule has 2 aromatic rings. The first-order chi connectivity index (χ1) is 14.2. The number of hydrogen-bond acceptors (Lipinski definition) is 3. The molecule has 4 nitrogen and oxygen atoms in total. The fourth-order valence-electron chi connectivity index (χ4n) is 2.93. The van der Waals surface area contributed by atoms with Gasteiger partial charge in [-0.15, -0.1) is 11.8 Å². The van der Waals surface area contributed by atoms with Crippen molar-refractivity contribution >= 4 is 46.8 Å². The predicted octanol–water partition coefficient (Wildman–Crippen LogP) is 5.48. The monoisotopic (exact) mass is 466 g/mol. The molecule has 2 amide bonds. The number of nitrogens with one attached hydrogen (secondary N) is 1. The first kappa shape index (κ1) is 24.6. The van der Waals surface area contributed by atoms with E-state index in [9.17, 15) is 9.59 Å². The van der Waals surface area contributed by atoms with Crippen molar-refractivity contribution in [1.82, 2.24) is 10.2 Å². The van der Waals surface area contributed by atoms with E-state index >= 15 is 0 Å². The zero-order valence-electron chi connectivity index (χ0n) is 17.7. The van der Waals surface area contributed by atoms with Crippen LogP contribution < -0.4 is 5.32 Å². The maximum absolute atomic E-state index is 13.1. The molecular formula is C23H28Cl2N2O2S. The number of rotatable bonds is 9. The molecule has 30 heavy (non-hydrogen) atoms. The number of carbonyl (C=O) groups is 2. The molecule has 0 unspecified atom stereocenters. The van der Waals surface area contributed by atoms with E-state index in [0.29, 0.717) is 10.0 Å². The lowest BCUT2D eigenvalue weighted by atomic mass is 10.1. The summed E-state index contributed by atoms with van der Waals surface area (Å²) in [5.41, 5.74) is 3.23. The van der Waals surface area contributed by atoms with Crippen LogP contribution in [0.1, 0.15) is 37.5 Å². The van der Waals surface area contributed by atoms with Gasteiger partial charge in [0.25, 0.3) is 0 Å². The van der Waals surface area contributed by atoms with Crippen LogP contribution in [0.5, 0.6) is 0 Å². The van der Waals surface area contributed by atoms with Crippen molar-refractivity contribution in [2.45, 2.75) is 52.1 Å². The topological polar surface area (TPSA) is 49.4 Å². The van der Waals surface area contributed by atoms with E-state index in [0.717, 1.165) is 11.3 Å². The largest absolute Gasteiger partial charge is 0.352 e. The molecule has 7 heteroatoms. The normalized spacial score (nSPS) is 12.0. The summed E-state index contributed by atoms with van der Waals surface area (Å²) in [5.74, 6) is 0.758. The molecule has 0 spiro atoms. The minimum absolute atomic E-state index is 0.00249. The van der Waals surface area contributed by atoms with E-state index in [4.69, 9.17) is 23.2 Å². The molecule has 0 saturated heterocycles. The first-order valence-corrected chi connectivity index (χ1v) is 11.8. The predicted molar refractivity (Wildman–Crippen MR) is 127 cm³/mol. The summed E-state index contributed by atoms with van der Waals surface area (Å²) in [6.45, 7) is 7.89. The molecule has 0 aliphatic carbocycles. The summed E-state index contributed by atoms with van der Waals surface area (Å²) in [6, 6.07) is 12.8. The van der Waals surface area contributed by atoms with E-state index in [1.54, 1.807) is 35.7 Å². The zero-order chi connectivity index (χ0) is 22.3. The third-order valence-corrected chi connectivity index (χ3v) is 6.38. The van der Waals surface area contributed by atoms with Gasteiger partial charge in [-0.05, 0) is 56.5 Å². The second kappa shape index (κ2) is 11.6. The molecule has 162 valence electrons. The Morgan fingerprint density at radius 2 is 1.77 bits per heavy atom. The van der Waals surface area contributed by atoms with Gasteiger partial charge in [0.1, 0.15) is 6.04 Å². The van der Waals surface area contributed by atoms with Crippen LogP contribution in [0.3, 0.4) is 0 Å². The fourth-order valence-corrected chi connectivity index (χ4v) is 4.23. The Morgan fingerprint density at radius 3 is 2.40 bits per heavy atom. The third-order valence-electron chi connectivity index (χ3n) is 4.68. The Kier molecular flexibility index (Phi) is 9.53. The number of hydrogen-bond donors (Lipinski definition) is 1. The van der Waals surface area contributed by atoms with Crippen LogP contribution in [0.15, 0.2) is 42.5 Å². The lowest BCUT2D eigenvalue weighted by molar-refractivity contribution is -0.138. The van der Waals surface area contributed by atoms with Gasteiger partial charge in [0, 0.05) is 18.3 Å². The second-order valence-electron chi connectivity index (χ2n) is 7.53. The van der Waals surface area contributed by atoms with E-state index < -0.39 is 6.04 Å². The minimum Gasteiger partial charge on any atom is -0.352 e. The van der Waals surface area contributed by atoms with Crippen LogP contribution in [0, 0.1) is 6.92 Å². The number of amides is 2. The highest BCUT2D eigenvalue weighted by molar-refractivity contribution is 7.99. The molecule has 0 saturated carbocycles. The molecule has 2 aromatic carbocycles. The second-order valence-corrected chi connectivity index (χ2v) is 9.33. The van der Waals surface area contributed by atoms with Gasteiger partial charge in [0.2, 0.25) is 11.8 Å². The summed E-state index contributed by atoms with van der Waals surface area (Å²) in [6.07, 6.45) is 0. The molecule has 1 atom stereocenters. The van der Waals surface area contributed by atoms with E-state index in [2.05, 4.69) is 24.4 Å². The number of aryl methyl sites for hydroxylation is 1. The molecule has 1 N–H and O–H groups in total. The average molecular weight is 467 g/mol. The molecule has 0 aromatic heterocycles. The van der Waals surface area contributed by atoms with Crippen molar-refractivity contribution in [2.75, 3.05) is 5.75 Å². The fraction of sp³-hybridized carbons (Fsp3) is 0.391. The van der Waals surface area contributed by atoms with Gasteiger partial charge in [0.15, 0.2) is 0 Å².